The molecule has 1 aliphatic heterocycles. The number of amides is 2. The van der Waals surface area contributed by atoms with E-state index >= 15 is 0 Å². The highest BCUT2D eigenvalue weighted by atomic mass is 79.9. The molecule has 1 aromatic carbocycles. The highest BCUT2D eigenvalue weighted by Gasteiger charge is 2.39. The van der Waals surface area contributed by atoms with E-state index < -0.39 is 11.9 Å². The predicted molar refractivity (Wildman–Crippen MR) is 67.4 cm³/mol. The highest BCUT2D eigenvalue weighted by molar-refractivity contribution is 9.10. The first-order valence-electron chi connectivity index (χ1n) is 5.32. The van der Waals surface area contributed by atoms with Gasteiger partial charge in [0.05, 0.1) is 11.3 Å². The fourth-order valence-corrected chi connectivity index (χ4v) is 2.48. The van der Waals surface area contributed by atoms with Gasteiger partial charge in [0.25, 0.3) is 0 Å². The molecular formula is C12H10BrNO4. The molecule has 0 radical (unpaired) electrons. The summed E-state index contributed by atoms with van der Waals surface area (Å²) in [5.74, 6) is -2.32. The normalized spacial score (nSPS) is 19.4. The monoisotopic (exact) mass is 311 g/mol. The molecule has 2 rings (SSSR count). The Labute approximate surface area is 112 Å². The average Bonchev–Trinajstić information content (AvgIpc) is 2.54. The summed E-state index contributed by atoms with van der Waals surface area (Å²) in [4.78, 5) is 35.9. The second kappa shape index (κ2) is 4.53. The number of carbonyl (C=O) groups is 3. The van der Waals surface area contributed by atoms with Crippen molar-refractivity contribution in [2.45, 2.75) is 13.3 Å². The molecule has 1 heterocycles. The van der Waals surface area contributed by atoms with Gasteiger partial charge >= 0.3 is 5.97 Å². The molecule has 94 valence electrons. The standard InChI is InChI=1S/C12H10BrNO4/c1-6-5-9(15)14(11(6)16)10-7(12(17)18)3-2-4-8(10)13/h2-4,6H,5H2,1H3,(H,17,18). The summed E-state index contributed by atoms with van der Waals surface area (Å²) in [5.41, 5.74) is 0.0459. The number of nitrogens with zero attached hydrogens (tertiary/aromatic N) is 1. The SMILES string of the molecule is CC1CC(=O)N(c2c(Br)cccc2C(=O)O)C1=O. The molecule has 0 aromatic heterocycles. The number of halogens is 1. The molecule has 0 saturated carbocycles. The van der Waals surface area contributed by atoms with Crippen LogP contribution in [0.4, 0.5) is 5.69 Å². The van der Waals surface area contributed by atoms with Crippen LogP contribution >= 0.6 is 15.9 Å². The van der Waals surface area contributed by atoms with E-state index in [1.54, 1.807) is 19.1 Å². The van der Waals surface area contributed by atoms with Crippen LogP contribution in [0, 0.1) is 5.92 Å². The topological polar surface area (TPSA) is 74.7 Å². The maximum atomic E-state index is 11.9. The van der Waals surface area contributed by atoms with Crippen molar-refractivity contribution in [2.75, 3.05) is 4.90 Å². The molecule has 0 spiro atoms. The van der Waals surface area contributed by atoms with Crippen molar-refractivity contribution < 1.29 is 19.5 Å². The van der Waals surface area contributed by atoms with Crippen molar-refractivity contribution in [3.63, 3.8) is 0 Å². The van der Waals surface area contributed by atoms with Gasteiger partial charge in [-0.25, -0.2) is 9.69 Å². The Morgan fingerprint density at radius 3 is 2.61 bits per heavy atom. The van der Waals surface area contributed by atoms with Crippen molar-refractivity contribution in [3.8, 4) is 0 Å². The Balaban J connectivity index is 2.61. The Bertz CT molecular complexity index is 555. The van der Waals surface area contributed by atoms with Crippen molar-refractivity contribution in [1.29, 1.82) is 0 Å². The smallest absolute Gasteiger partial charge is 0.337 e. The molecule has 18 heavy (non-hydrogen) atoms. The van der Waals surface area contributed by atoms with Crippen LogP contribution in [0.1, 0.15) is 23.7 Å². The van der Waals surface area contributed by atoms with Crippen LogP contribution in [0.5, 0.6) is 0 Å². The van der Waals surface area contributed by atoms with Crippen LogP contribution in [0.2, 0.25) is 0 Å². The van der Waals surface area contributed by atoms with Crippen LogP contribution in [0.15, 0.2) is 22.7 Å². The van der Waals surface area contributed by atoms with Crippen molar-refractivity contribution in [1.82, 2.24) is 0 Å². The summed E-state index contributed by atoms with van der Waals surface area (Å²) in [6.07, 6.45) is 0.110. The molecular weight excluding hydrogens is 302 g/mol. The van der Waals surface area contributed by atoms with E-state index in [9.17, 15) is 14.4 Å². The minimum absolute atomic E-state index is 0.0693. The van der Waals surface area contributed by atoms with E-state index in [0.29, 0.717) is 4.47 Å². The minimum atomic E-state index is -1.17. The maximum Gasteiger partial charge on any atom is 0.337 e. The highest BCUT2D eigenvalue weighted by Crippen LogP contribution is 2.35. The van der Waals surface area contributed by atoms with E-state index in [1.807, 2.05) is 0 Å². The number of anilines is 1. The number of para-hydroxylation sites is 1. The lowest BCUT2D eigenvalue weighted by Crippen LogP contribution is -2.31. The summed E-state index contributed by atoms with van der Waals surface area (Å²) in [6.45, 7) is 1.65. The molecule has 2 amide bonds. The average molecular weight is 312 g/mol. The summed E-state index contributed by atoms with van der Waals surface area (Å²) in [7, 11) is 0. The molecule has 1 saturated heterocycles. The van der Waals surface area contributed by atoms with Crippen molar-refractivity contribution >= 4 is 39.4 Å². The Morgan fingerprint density at radius 1 is 1.44 bits per heavy atom. The summed E-state index contributed by atoms with van der Waals surface area (Å²) >= 11 is 3.19. The van der Waals surface area contributed by atoms with E-state index in [2.05, 4.69) is 15.9 Å². The number of carboxylic acids is 1. The Hall–Kier alpha value is -1.69. The molecule has 1 aliphatic rings. The van der Waals surface area contributed by atoms with Crippen LogP contribution < -0.4 is 4.90 Å². The molecule has 1 fully saturated rings. The van der Waals surface area contributed by atoms with Crippen LogP contribution in [-0.4, -0.2) is 22.9 Å². The van der Waals surface area contributed by atoms with Gasteiger partial charge < -0.3 is 5.11 Å². The van der Waals surface area contributed by atoms with E-state index in [0.717, 1.165) is 4.90 Å². The van der Waals surface area contributed by atoms with E-state index in [-0.39, 0.29) is 29.5 Å². The molecule has 6 heteroatoms. The minimum Gasteiger partial charge on any atom is -0.478 e. The third kappa shape index (κ3) is 1.92. The van der Waals surface area contributed by atoms with E-state index in [4.69, 9.17) is 5.11 Å². The maximum absolute atomic E-state index is 11.9. The van der Waals surface area contributed by atoms with Gasteiger partial charge in [0, 0.05) is 16.8 Å². The zero-order chi connectivity index (χ0) is 13.4. The fourth-order valence-electron chi connectivity index (χ4n) is 1.93. The lowest BCUT2D eigenvalue weighted by molar-refractivity contribution is -0.122. The predicted octanol–water partition coefficient (Wildman–Crippen LogP) is 2.05. The molecule has 1 unspecified atom stereocenters. The van der Waals surface area contributed by atoms with Crippen molar-refractivity contribution in [2.24, 2.45) is 5.92 Å². The number of imide groups is 1. The number of carboxylic acid groups (broad SMARTS) is 1. The van der Waals surface area contributed by atoms with Gasteiger partial charge in [-0.05, 0) is 28.1 Å². The first kappa shape index (κ1) is 12.8. The fraction of sp³-hybridized carbons (Fsp3) is 0.250. The van der Waals surface area contributed by atoms with Crippen LogP contribution in [0.3, 0.4) is 0 Å². The Morgan fingerprint density at radius 2 is 2.11 bits per heavy atom. The second-order valence-corrected chi connectivity index (χ2v) is 4.97. The number of hydrogen-bond acceptors (Lipinski definition) is 3. The number of aromatic carboxylic acids is 1. The Kier molecular flexibility index (Phi) is 3.21. The number of rotatable bonds is 2. The van der Waals surface area contributed by atoms with Gasteiger partial charge in [0.2, 0.25) is 11.8 Å². The van der Waals surface area contributed by atoms with Gasteiger partial charge in [-0.2, -0.15) is 0 Å². The lowest BCUT2D eigenvalue weighted by Gasteiger charge is -2.18. The molecule has 1 aromatic rings. The third-order valence-electron chi connectivity index (χ3n) is 2.81. The largest absolute Gasteiger partial charge is 0.478 e. The number of benzene rings is 1. The van der Waals surface area contributed by atoms with Crippen LogP contribution in [-0.2, 0) is 9.59 Å². The zero-order valence-corrected chi connectivity index (χ0v) is 11.1. The quantitative estimate of drug-likeness (QED) is 0.848. The zero-order valence-electron chi connectivity index (χ0n) is 9.51. The van der Waals surface area contributed by atoms with Gasteiger partial charge in [-0.15, -0.1) is 0 Å². The molecule has 1 N–H and O–H groups in total. The third-order valence-corrected chi connectivity index (χ3v) is 3.45. The number of hydrogen-bond donors (Lipinski definition) is 1. The van der Waals surface area contributed by atoms with Gasteiger partial charge in [0.15, 0.2) is 0 Å². The first-order valence-corrected chi connectivity index (χ1v) is 6.11. The van der Waals surface area contributed by atoms with Gasteiger partial charge in [-0.3, -0.25) is 9.59 Å². The van der Waals surface area contributed by atoms with Gasteiger partial charge in [0.1, 0.15) is 0 Å². The van der Waals surface area contributed by atoms with Gasteiger partial charge in [-0.1, -0.05) is 13.0 Å². The van der Waals surface area contributed by atoms with Crippen molar-refractivity contribution in [3.05, 3.63) is 28.2 Å². The molecule has 0 bridgehead atoms. The summed E-state index contributed by atoms with van der Waals surface area (Å²) in [6, 6.07) is 4.52. The first-order chi connectivity index (χ1) is 8.43. The molecule has 5 nitrogen and oxygen atoms in total. The van der Waals surface area contributed by atoms with Crippen LogP contribution in [0.25, 0.3) is 0 Å². The summed E-state index contributed by atoms with van der Waals surface area (Å²) < 4.78 is 0.415. The second-order valence-electron chi connectivity index (χ2n) is 4.11. The molecule has 0 aliphatic carbocycles. The molecule has 1 atom stereocenters. The number of carbonyl (C=O) groups excluding carboxylic acids is 2. The summed E-state index contributed by atoms with van der Waals surface area (Å²) in [5, 5.41) is 9.12. The van der Waals surface area contributed by atoms with E-state index in [1.165, 1.54) is 6.07 Å². The lowest BCUT2D eigenvalue weighted by atomic mass is 10.1.